The average molecular weight is 258 g/mol. The summed E-state index contributed by atoms with van der Waals surface area (Å²) in [5, 5.41) is 0. The van der Waals surface area contributed by atoms with Crippen LogP contribution in [0.2, 0.25) is 0 Å². The molecule has 0 aliphatic rings. The maximum atomic E-state index is 11.9. The number of hydrogen-bond donors (Lipinski definition) is 2. The van der Waals surface area contributed by atoms with Crippen molar-refractivity contribution < 1.29 is 18.0 Å². The molecule has 0 amide bonds. The van der Waals surface area contributed by atoms with Gasteiger partial charge in [-0.05, 0) is 31.5 Å². The molecule has 17 heavy (non-hydrogen) atoms. The summed E-state index contributed by atoms with van der Waals surface area (Å²) >= 11 is 0. The Kier molecular flexibility index (Phi) is 4.22. The van der Waals surface area contributed by atoms with Crippen molar-refractivity contribution in [3.63, 3.8) is 0 Å². The van der Waals surface area contributed by atoms with Gasteiger partial charge in [-0.1, -0.05) is 12.1 Å². The number of carbonyl (C=O) groups excluding carboxylic acids is 1. The van der Waals surface area contributed by atoms with Gasteiger partial charge in [0.15, 0.2) is 0 Å². The van der Waals surface area contributed by atoms with Gasteiger partial charge in [0.25, 0.3) is 0 Å². The third-order valence-electron chi connectivity index (χ3n) is 2.10. The van der Waals surface area contributed by atoms with Crippen molar-refractivity contribution in [1.82, 2.24) is 4.72 Å². The number of rotatable bonds is 4. The first kappa shape index (κ1) is 13.6. The minimum atomic E-state index is -3.74. The molecule has 0 saturated carbocycles. The van der Waals surface area contributed by atoms with Gasteiger partial charge >= 0.3 is 5.97 Å². The Morgan fingerprint density at radius 1 is 1.47 bits per heavy atom. The Hall–Kier alpha value is -1.44. The summed E-state index contributed by atoms with van der Waals surface area (Å²) in [4.78, 5) is 15.1. The van der Waals surface area contributed by atoms with Crippen LogP contribution in [0.4, 0.5) is 0 Å². The number of sulfonamides is 1. The van der Waals surface area contributed by atoms with Gasteiger partial charge in [-0.15, -0.1) is 0 Å². The SMILES string of the molecule is Cc1cccc(S(=O)(=O)N[C@@H](C)C(=O)ON)c1. The maximum absolute atomic E-state index is 11.9. The van der Waals surface area contributed by atoms with Crippen LogP contribution in [0.3, 0.4) is 0 Å². The summed E-state index contributed by atoms with van der Waals surface area (Å²) in [7, 11) is -3.74. The number of carbonyl (C=O) groups is 1. The van der Waals surface area contributed by atoms with Crippen LogP contribution < -0.4 is 10.6 Å². The van der Waals surface area contributed by atoms with Crippen molar-refractivity contribution >= 4 is 16.0 Å². The minimum Gasteiger partial charge on any atom is -0.372 e. The lowest BCUT2D eigenvalue weighted by atomic mass is 10.2. The molecule has 0 unspecified atom stereocenters. The Morgan fingerprint density at radius 2 is 2.12 bits per heavy atom. The summed E-state index contributed by atoms with van der Waals surface area (Å²) in [5.74, 6) is 3.82. The molecule has 0 heterocycles. The van der Waals surface area contributed by atoms with Crippen LogP contribution in [0.5, 0.6) is 0 Å². The lowest BCUT2D eigenvalue weighted by molar-refractivity contribution is -0.145. The van der Waals surface area contributed by atoms with Crippen molar-refractivity contribution in [3.8, 4) is 0 Å². The van der Waals surface area contributed by atoms with E-state index < -0.39 is 22.0 Å². The highest BCUT2D eigenvalue weighted by molar-refractivity contribution is 7.89. The largest absolute Gasteiger partial charge is 0.372 e. The van der Waals surface area contributed by atoms with Crippen LogP contribution in [0.25, 0.3) is 0 Å². The summed E-state index contributed by atoms with van der Waals surface area (Å²) in [6.45, 7) is 3.12. The second-order valence-electron chi connectivity index (χ2n) is 3.60. The zero-order valence-electron chi connectivity index (χ0n) is 9.51. The Bertz CT molecular complexity index is 513. The third-order valence-corrected chi connectivity index (χ3v) is 3.64. The van der Waals surface area contributed by atoms with Crippen LogP contribution in [-0.4, -0.2) is 20.4 Å². The normalized spacial score (nSPS) is 13.1. The van der Waals surface area contributed by atoms with Gasteiger partial charge < -0.3 is 4.84 Å². The molecule has 94 valence electrons. The number of benzene rings is 1. The number of aryl methyl sites for hydroxylation is 1. The van der Waals surface area contributed by atoms with Crippen LogP contribution in [-0.2, 0) is 19.7 Å². The van der Waals surface area contributed by atoms with Crippen LogP contribution in [0, 0.1) is 6.92 Å². The standard InChI is InChI=1S/C10H14N2O4S/c1-7-4-3-5-9(6-7)17(14,15)12-8(2)10(13)16-11/h3-6,8,12H,11H2,1-2H3/t8-/m0/s1. The van der Waals surface area contributed by atoms with Gasteiger partial charge in [-0.2, -0.15) is 10.6 Å². The number of nitrogens with two attached hydrogens (primary N) is 1. The van der Waals surface area contributed by atoms with E-state index in [1.165, 1.54) is 19.1 Å². The van der Waals surface area contributed by atoms with E-state index in [1.807, 2.05) is 0 Å². The van der Waals surface area contributed by atoms with E-state index in [0.29, 0.717) is 0 Å². The molecule has 7 heteroatoms. The lowest BCUT2D eigenvalue weighted by Gasteiger charge is -2.11. The van der Waals surface area contributed by atoms with Gasteiger partial charge in [0.2, 0.25) is 10.0 Å². The van der Waals surface area contributed by atoms with E-state index in [2.05, 4.69) is 15.5 Å². The molecule has 0 aromatic heterocycles. The van der Waals surface area contributed by atoms with Gasteiger partial charge in [0.1, 0.15) is 6.04 Å². The van der Waals surface area contributed by atoms with E-state index in [-0.39, 0.29) is 4.90 Å². The van der Waals surface area contributed by atoms with Crippen molar-refractivity contribution in [1.29, 1.82) is 0 Å². The van der Waals surface area contributed by atoms with Crippen molar-refractivity contribution in [2.24, 2.45) is 5.90 Å². The summed E-state index contributed by atoms with van der Waals surface area (Å²) in [6, 6.07) is 5.30. The molecule has 6 nitrogen and oxygen atoms in total. The summed E-state index contributed by atoms with van der Waals surface area (Å²) < 4.78 is 25.9. The summed E-state index contributed by atoms with van der Waals surface area (Å²) in [6.07, 6.45) is 0. The lowest BCUT2D eigenvalue weighted by Crippen LogP contribution is -2.40. The average Bonchev–Trinajstić information content (AvgIpc) is 2.27. The van der Waals surface area contributed by atoms with Gasteiger partial charge in [-0.3, -0.25) is 0 Å². The monoisotopic (exact) mass is 258 g/mol. The molecule has 0 saturated heterocycles. The first-order valence-electron chi connectivity index (χ1n) is 4.86. The highest BCUT2D eigenvalue weighted by atomic mass is 32.2. The zero-order chi connectivity index (χ0) is 13.1. The highest BCUT2D eigenvalue weighted by Gasteiger charge is 2.22. The fourth-order valence-corrected chi connectivity index (χ4v) is 2.53. The molecule has 0 bridgehead atoms. The summed E-state index contributed by atoms with van der Waals surface area (Å²) in [5.41, 5.74) is 0.807. The quantitative estimate of drug-likeness (QED) is 0.745. The molecular formula is C10H14N2O4S. The van der Waals surface area contributed by atoms with E-state index in [1.54, 1.807) is 19.1 Å². The molecule has 3 N–H and O–H groups in total. The topological polar surface area (TPSA) is 98.5 Å². The molecule has 0 spiro atoms. The highest BCUT2D eigenvalue weighted by Crippen LogP contribution is 2.11. The van der Waals surface area contributed by atoms with Gasteiger partial charge in [-0.25, -0.2) is 13.2 Å². The van der Waals surface area contributed by atoms with Gasteiger partial charge in [0, 0.05) is 0 Å². The first-order chi connectivity index (χ1) is 7.86. The second kappa shape index (κ2) is 5.26. The Balaban J connectivity index is 2.93. The smallest absolute Gasteiger partial charge is 0.342 e. The third kappa shape index (κ3) is 3.52. The molecule has 1 aromatic rings. The van der Waals surface area contributed by atoms with Crippen molar-refractivity contribution in [2.75, 3.05) is 0 Å². The van der Waals surface area contributed by atoms with Crippen LogP contribution >= 0.6 is 0 Å². The first-order valence-corrected chi connectivity index (χ1v) is 6.34. The maximum Gasteiger partial charge on any atom is 0.342 e. The molecular weight excluding hydrogens is 244 g/mol. The molecule has 1 rings (SSSR count). The van der Waals surface area contributed by atoms with E-state index in [0.717, 1.165) is 5.56 Å². The molecule has 0 aliphatic carbocycles. The predicted octanol–water partition coefficient (Wildman–Crippen LogP) is 0.0787. The van der Waals surface area contributed by atoms with Crippen LogP contribution in [0.15, 0.2) is 29.2 Å². The Morgan fingerprint density at radius 3 is 2.65 bits per heavy atom. The van der Waals surface area contributed by atoms with E-state index >= 15 is 0 Å². The Labute approximate surface area is 99.8 Å². The van der Waals surface area contributed by atoms with E-state index in [4.69, 9.17) is 0 Å². The number of hydrogen-bond acceptors (Lipinski definition) is 5. The fraction of sp³-hybridized carbons (Fsp3) is 0.300. The predicted molar refractivity (Wildman–Crippen MR) is 61.2 cm³/mol. The van der Waals surface area contributed by atoms with Gasteiger partial charge in [0.05, 0.1) is 4.90 Å². The molecule has 0 fully saturated rings. The van der Waals surface area contributed by atoms with Crippen molar-refractivity contribution in [3.05, 3.63) is 29.8 Å². The molecule has 0 aliphatic heterocycles. The second-order valence-corrected chi connectivity index (χ2v) is 5.31. The minimum absolute atomic E-state index is 0.0918. The molecule has 1 atom stereocenters. The molecule has 1 aromatic carbocycles. The molecule has 0 radical (unpaired) electrons. The fourth-order valence-electron chi connectivity index (χ4n) is 1.23. The number of nitrogens with one attached hydrogen (secondary N) is 1. The van der Waals surface area contributed by atoms with Crippen LogP contribution in [0.1, 0.15) is 12.5 Å². The zero-order valence-corrected chi connectivity index (χ0v) is 10.3. The van der Waals surface area contributed by atoms with E-state index in [9.17, 15) is 13.2 Å². The van der Waals surface area contributed by atoms with Crippen molar-refractivity contribution in [2.45, 2.75) is 24.8 Å².